The fourth-order valence-electron chi connectivity index (χ4n) is 4.43. The van der Waals surface area contributed by atoms with Gasteiger partial charge in [-0.25, -0.2) is 17.6 Å². The molecule has 4 aromatic rings. The summed E-state index contributed by atoms with van der Waals surface area (Å²) in [6.45, 7) is 0.457. The minimum Gasteiger partial charge on any atom is -0.312 e. The summed E-state index contributed by atoms with van der Waals surface area (Å²) >= 11 is 5.72. The standard InChI is InChI=1S/C25H20ClFN4O5S/c26-18-5-3-7-21(23(18)27)37(35,36)29-16-8-9-19-15(14-16)10-12-30(19)22(32)11-13-31-20-6-2-1-4-17(20)24(33)28-25(31)34/h1-9,14,29H,10-13H2,(H,28,33,34). The Morgan fingerprint density at radius 3 is 2.68 bits per heavy atom. The number of rotatable bonds is 6. The van der Waals surface area contributed by atoms with Crippen LogP contribution in [0.2, 0.25) is 5.02 Å². The second-order valence-corrected chi connectivity index (χ2v) is 10.5. The number of fused-ring (bicyclic) bond motifs is 2. The highest BCUT2D eigenvalue weighted by molar-refractivity contribution is 7.92. The van der Waals surface area contributed by atoms with Crippen LogP contribution in [0.15, 0.2) is 75.1 Å². The van der Waals surface area contributed by atoms with E-state index in [-0.39, 0.29) is 29.6 Å². The molecule has 5 rings (SSSR count). The van der Waals surface area contributed by atoms with Gasteiger partial charge in [0.05, 0.1) is 15.9 Å². The molecule has 0 radical (unpaired) electrons. The smallest absolute Gasteiger partial charge is 0.312 e. The van der Waals surface area contributed by atoms with Gasteiger partial charge < -0.3 is 4.90 Å². The number of aromatic amines is 1. The van der Waals surface area contributed by atoms with Crippen molar-refractivity contribution in [2.75, 3.05) is 16.2 Å². The van der Waals surface area contributed by atoms with Crippen LogP contribution >= 0.6 is 11.6 Å². The van der Waals surface area contributed by atoms with Gasteiger partial charge in [0.15, 0.2) is 5.82 Å². The molecule has 1 aliphatic rings. The second kappa shape index (κ2) is 9.49. The lowest BCUT2D eigenvalue weighted by Crippen LogP contribution is -2.34. The number of H-pyrrole nitrogens is 1. The number of nitrogens with zero attached hydrogens (tertiary/aromatic N) is 2. The molecule has 0 atom stereocenters. The molecule has 1 aromatic heterocycles. The van der Waals surface area contributed by atoms with Crippen LogP contribution in [0.5, 0.6) is 0 Å². The minimum atomic E-state index is -4.23. The molecule has 0 fully saturated rings. The molecule has 2 heterocycles. The number of aryl methyl sites for hydroxylation is 1. The highest BCUT2D eigenvalue weighted by Crippen LogP contribution is 2.32. The first-order valence-corrected chi connectivity index (χ1v) is 13.1. The maximum atomic E-state index is 14.3. The molecule has 3 aromatic carbocycles. The number of carbonyl (C=O) groups excluding carboxylic acids is 1. The lowest BCUT2D eigenvalue weighted by atomic mass is 10.1. The van der Waals surface area contributed by atoms with Gasteiger partial charge in [0, 0.05) is 30.9 Å². The Kier molecular flexibility index (Phi) is 6.34. The summed E-state index contributed by atoms with van der Waals surface area (Å²) < 4.78 is 43.3. The second-order valence-electron chi connectivity index (χ2n) is 8.47. The van der Waals surface area contributed by atoms with Crippen LogP contribution in [0, 0.1) is 5.82 Å². The number of amides is 1. The number of aromatic nitrogens is 2. The summed E-state index contributed by atoms with van der Waals surface area (Å²) in [6, 6.07) is 15.1. The van der Waals surface area contributed by atoms with E-state index >= 15 is 0 Å². The van der Waals surface area contributed by atoms with Crippen LogP contribution < -0.4 is 20.9 Å². The molecule has 9 nitrogen and oxygen atoms in total. The number of benzene rings is 3. The van der Waals surface area contributed by atoms with Crippen molar-refractivity contribution in [3.8, 4) is 0 Å². The van der Waals surface area contributed by atoms with Crippen molar-refractivity contribution >= 4 is 49.8 Å². The van der Waals surface area contributed by atoms with E-state index in [1.165, 1.54) is 22.8 Å². The van der Waals surface area contributed by atoms with Crippen LogP contribution in [0.3, 0.4) is 0 Å². The van der Waals surface area contributed by atoms with Gasteiger partial charge >= 0.3 is 5.69 Å². The minimum absolute atomic E-state index is 0.0117. The van der Waals surface area contributed by atoms with E-state index in [0.717, 1.165) is 11.6 Å². The highest BCUT2D eigenvalue weighted by atomic mass is 35.5. The summed E-state index contributed by atoms with van der Waals surface area (Å²) in [4.78, 5) is 40.7. The van der Waals surface area contributed by atoms with E-state index < -0.39 is 32.0 Å². The van der Waals surface area contributed by atoms with Crippen molar-refractivity contribution in [3.05, 3.63) is 97.9 Å². The maximum Gasteiger partial charge on any atom is 0.328 e. The van der Waals surface area contributed by atoms with Crippen molar-refractivity contribution in [2.24, 2.45) is 0 Å². The number of anilines is 2. The maximum absolute atomic E-state index is 14.3. The third kappa shape index (κ3) is 4.63. The van der Waals surface area contributed by atoms with E-state index in [2.05, 4.69) is 9.71 Å². The van der Waals surface area contributed by atoms with Gasteiger partial charge in [-0.05, 0) is 54.4 Å². The molecule has 0 saturated carbocycles. The van der Waals surface area contributed by atoms with Crippen molar-refractivity contribution in [3.63, 3.8) is 0 Å². The van der Waals surface area contributed by atoms with E-state index in [9.17, 15) is 27.2 Å². The molecule has 12 heteroatoms. The lowest BCUT2D eigenvalue weighted by molar-refractivity contribution is -0.118. The summed E-state index contributed by atoms with van der Waals surface area (Å²) in [5, 5.41) is 0.0526. The molecule has 0 spiro atoms. The molecule has 1 amide bonds. The zero-order valence-corrected chi connectivity index (χ0v) is 20.8. The van der Waals surface area contributed by atoms with E-state index in [0.29, 0.717) is 29.6 Å². The van der Waals surface area contributed by atoms with Crippen LogP contribution in [0.4, 0.5) is 15.8 Å². The fraction of sp³-hybridized carbons (Fsp3) is 0.160. The number of carbonyl (C=O) groups is 1. The predicted octanol–water partition coefficient (Wildman–Crippen LogP) is 3.26. The van der Waals surface area contributed by atoms with E-state index in [4.69, 9.17) is 11.6 Å². The number of hydrogen-bond donors (Lipinski definition) is 2. The molecule has 2 N–H and O–H groups in total. The van der Waals surface area contributed by atoms with Crippen molar-refractivity contribution in [2.45, 2.75) is 24.3 Å². The SMILES string of the molecule is O=C(CCn1c(=O)[nH]c(=O)c2ccccc21)N1CCc2cc(NS(=O)(=O)c3cccc(Cl)c3F)ccc21. The van der Waals surface area contributed by atoms with Crippen molar-refractivity contribution in [1.82, 2.24) is 9.55 Å². The lowest BCUT2D eigenvalue weighted by Gasteiger charge is -2.18. The summed E-state index contributed by atoms with van der Waals surface area (Å²) in [5.41, 5.74) is 0.956. The van der Waals surface area contributed by atoms with Gasteiger partial charge in [-0.15, -0.1) is 0 Å². The van der Waals surface area contributed by atoms with Crippen LogP contribution in [0.1, 0.15) is 12.0 Å². The quantitative estimate of drug-likeness (QED) is 0.387. The largest absolute Gasteiger partial charge is 0.328 e. The molecule has 1 aliphatic heterocycles. The van der Waals surface area contributed by atoms with Gasteiger partial charge in [0.1, 0.15) is 4.90 Å². The Balaban J connectivity index is 1.33. The fourth-order valence-corrected chi connectivity index (χ4v) is 5.81. The van der Waals surface area contributed by atoms with Gasteiger partial charge in [-0.1, -0.05) is 29.8 Å². The monoisotopic (exact) mass is 542 g/mol. The molecule has 0 unspecified atom stereocenters. The predicted molar refractivity (Wildman–Crippen MR) is 138 cm³/mol. The summed E-state index contributed by atoms with van der Waals surface area (Å²) in [6.07, 6.45) is 0.501. The number of hydrogen-bond acceptors (Lipinski definition) is 5. The topological polar surface area (TPSA) is 121 Å². The molecular weight excluding hydrogens is 523 g/mol. The van der Waals surface area contributed by atoms with Gasteiger partial charge in [-0.2, -0.15) is 0 Å². The average Bonchev–Trinajstić information content (AvgIpc) is 3.28. The molecule has 0 bridgehead atoms. The van der Waals surface area contributed by atoms with Crippen molar-refractivity contribution < 1.29 is 17.6 Å². The van der Waals surface area contributed by atoms with Crippen molar-refractivity contribution in [1.29, 1.82) is 0 Å². The number of halogens is 2. The Morgan fingerprint density at radius 2 is 1.86 bits per heavy atom. The zero-order chi connectivity index (χ0) is 26.3. The molecule has 37 heavy (non-hydrogen) atoms. The Hall–Kier alpha value is -3.96. The molecular formula is C25H20ClFN4O5S. The average molecular weight is 543 g/mol. The molecule has 190 valence electrons. The molecule has 0 saturated heterocycles. The first-order chi connectivity index (χ1) is 17.7. The summed E-state index contributed by atoms with van der Waals surface area (Å²) in [7, 11) is -4.23. The third-order valence-corrected chi connectivity index (χ3v) is 7.88. The number of para-hydroxylation sites is 1. The first kappa shape index (κ1) is 24.7. The third-order valence-electron chi connectivity index (χ3n) is 6.19. The van der Waals surface area contributed by atoms with Gasteiger partial charge in [0.25, 0.3) is 15.6 Å². The Morgan fingerprint density at radius 1 is 1.08 bits per heavy atom. The first-order valence-electron chi connectivity index (χ1n) is 11.3. The zero-order valence-electron chi connectivity index (χ0n) is 19.2. The van der Waals surface area contributed by atoms with E-state index in [1.54, 1.807) is 41.3 Å². The Bertz CT molecular complexity index is 1780. The van der Waals surface area contributed by atoms with Gasteiger partial charge in [-0.3, -0.25) is 23.9 Å². The molecule has 0 aliphatic carbocycles. The Labute approximate surface area is 215 Å². The van der Waals surface area contributed by atoms with Crippen LogP contribution in [-0.2, 0) is 27.8 Å². The summed E-state index contributed by atoms with van der Waals surface area (Å²) in [5.74, 6) is -1.26. The van der Waals surface area contributed by atoms with Crippen LogP contribution in [-0.4, -0.2) is 30.4 Å². The van der Waals surface area contributed by atoms with E-state index in [1.807, 2.05) is 0 Å². The normalized spacial score (nSPS) is 13.1. The number of sulfonamides is 1. The van der Waals surface area contributed by atoms with Crippen LogP contribution in [0.25, 0.3) is 10.9 Å². The highest BCUT2D eigenvalue weighted by Gasteiger charge is 2.26. The van der Waals surface area contributed by atoms with Gasteiger partial charge in [0.2, 0.25) is 5.91 Å². The number of nitrogens with one attached hydrogen (secondary N) is 2.